The number of Topliss-reactive ketones (excluding diaryl/α,β-unsaturated/α-hetero) is 1. The van der Waals surface area contributed by atoms with E-state index in [4.69, 9.17) is 0 Å². The zero-order chi connectivity index (χ0) is 17.9. The quantitative estimate of drug-likeness (QED) is 0.877. The van der Waals surface area contributed by atoms with Crippen molar-refractivity contribution in [2.45, 2.75) is 38.1 Å². The van der Waals surface area contributed by atoms with Crippen LogP contribution in [0.2, 0.25) is 0 Å². The van der Waals surface area contributed by atoms with Gasteiger partial charge in [0, 0.05) is 35.4 Å². The molecule has 26 heavy (non-hydrogen) atoms. The summed E-state index contributed by atoms with van der Waals surface area (Å²) < 4.78 is 0. The Kier molecular flexibility index (Phi) is 3.51. The fourth-order valence-corrected chi connectivity index (χ4v) is 5.02. The van der Waals surface area contributed by atoms with E-state index in [9.17, 15) is 4.79 Å². The van der Waals surface area contributed by atoms with Crippen molar-refractivity contribution < 1.29 is 4.79 Å². The number of carbonyl (C=O) groups excluding carboxylic acids is 1. The molecule has 1 saturated carbocycles. The van der Waals surface area contributed by atoms with Gasteiger partial charge in [0.2, 0.25) is 0 Å². The van der Waals surface area contributed by atoms with E-state index in [0.717, 1.165) is 35.9 Å². The molecule has 134 valence electrons. The van der Waals surface area contributed by atoms with Gasteiger partial charge in [0.05, 0.1) is 6.04 Å². The molecule has 1 N–H and O–H groups in total. The van der Waals surface area contributed by atoms with Gasteiger partial charge in [-0.1, -0.05) is 32.0 Å². The smallest absolute Gasteiger partial charge is 0.180 e. The summed E-state index contributed by atoms with van der Waals surface area (Å²) in [6, 6.07) is 16.6. The van der Waals surface area contributed by atoms with Gasteiger partial charge in [-0.3, -0.25) is 9.69 Å². The minimum atomic E-state index is 0.0528. The van der Waals surface area contributed by atoms with E-state index in [-0.39, 0.29) is 11.5 Å². The van der Waals surface area contributed by atoms with Crippen molar-refractivity contribution in [3.8, 4) is 0 Å². The van der Waals surface area contributed by atoms with Crippen LogP contribution >= 0.6 is 0 Å². The molecule has 2 aromatic rings. The number of nitrogens with zero attached hydrogens (tertiary/aromatic N) is 1. The van der Waals surface area contributed by atoms with Crippen LogP contribution in [0.1, 0.15) is 42.6 Å². The van der Waals surface area contributed by atoms with Gasteiger partial charge in [-0.05, 0) is 60.6 Å². The van der Waals surface area contributed by atoms with Gasteiger partial charge in [-0.15, -0.1) is 0 Å². The molecule has 0 spiro atoms. The monoisotopic (exact) mass is 346 g/mol. The molecule has 1 saturated heterocycles. The molecule has 2 aromatic carbocycles. The van der Waals surface area contributed by atoms with Crippen molar-refractivity contribution in [1.29, 1.82) is 0 Å². The van der Waals surface area contributed by atoms with Gasteiger partial charge in [0.1, 0.15) is 0 Å². The molecule has 2 aliphatic carbocycles. The van der Waals surface area contributed by atoms with Crippen molar-refractivity contribution >= 4 is 17.2 Å². The average Bonchev–Trinajstić information content (AvgIpc) is 3.42. The number of nitrogens with one attached hydrogen (secondary N) is 1. The van der Waals surface area contributed by atoms with Gasteiger partial charge in [-0.25, -0.2) is 0 Å². The molecule has 0 amide bonds. The number of likely N-dealkylation sites (tertiary alicyclic amines) is 1. The highest BCUT2D eigenvalue weighted by Crippen LogP contribution is 2.50. The highest BCUT2D eigenvalue weighted by molar-refractivity contribution is 6.04. The van der Waals surface area contributed by atoms with Crippen LogP contribution in [0.3, 0.4) is 0 Å². The van der Waals surface area contributed by atoms with Gasteiger partial charge in [0.15, 0.2) is 5.78 Å². The Balaban J connectivity index is 1.51. The highest BCUT2D eigenvalue weighted by atomic mass is 16.1. The number of carbonyl (C=O) groups is 1. The van der Waals surface area contributed by atoms with Crippen molar-refractivity contribution in [1.82, 2.24) is 4.90 Å². The average molecular weight is 346 g/mol. The molecule has 5 rings (SSSR count). The summed E-state index contributed by atoms with van der Waals surface area (Å²) in [5, 5.41) is 3.49. The van der Waals surface area contributed by atoms with Crippen molar-refractivity contribution in [2.75, 3.05) is 18.4 Å². The van der Waals surface area contributed by atoms with Crippen molar-refractivity contribution in [3.05, 3.63) is 59.7 Å². The Morgan fingerprint density at radius 2 is 1.88 bits per heavy atom. The Labute approximate surface area is 155 Å². The fourth-order valence-electron chi connectivity index (χ4n) is 5.02. The molecule has 3 nitrogen and oxygen atoms in total. The number of benzene rings is 2. The molecule has 3 atom stereocenters. The third kappa shape index (κ3) is 2.41. The Hall–Kier alpha value is -2.13. The molecule has 2 fully saturated rings. The largest absolute Gasteiger partial charge is 0.356 e. The molecule has 3 heteroatoms. The summed E-state index contributed by atoms with van der Waals surface area (Å²) in [6.07, 6.45) is 2.67. The molecule has 3 aliphatic rings. The summed E-state index contributed by atoms with van der Waals surface area (Å²) in [5.74, 6) is 1.51. The molecular formula is C23H26N2O. The highest BCUT2D eigenvalue weighted by Gasteiger charge is 2.56. The zero-order valence-electron chi connectivity index (χ0n) is 15.5. The van der Waals surface area contributed by atoms with E-state index < -0.39 is 0 Å². The van der Waals surface area contributed by atoms with E-state index in [1.54, 1.807) is 0 Å². The summed E-state index contributed by atoms with van der Waals surface area (Å²) >= 11 is 0. The maximum absolute atomic E-state index is 13.2. The number of anilines is 2. The second-order valence-corrected chi connectivity index (χ2v) is 8.64. The summed E-state index contributed by atoms with van der Waals surface area (Å²) in [7, 11) is 0. The van der Waals surface area contributed by atoms with E-state index in [0.29, 0.717) is 11.7 Å². The van der Waals surface area contributed by atoms with E-state index in [1.807, 2.05) is 30.3 Å². The van der Waals surface area contributed by atoms with Crippen molar-refractivity contribution in [3.63, 3.8) is 0 Å². The molecule has 1 heterocycles. The normalized spacial score (nSPS) is 30.3. The Morgan fingerprint density at radius 1 is 1.12 bits per heavy atom. The van der Waals surface area contributed by atoms with Crippen LogP contribution in [0.4, 0.5) is 11.4 Å². The number of hydrogen-bond donors (Lipinski definition) is 1. The predicted octanol–water partition coefficient (Wildman–Crippen LogP) is 4.61. The Morgan fingerprint density at radius 3 is 2.62 bits per heavy atom. The number of para-hydroxylation sites is 1. The topological polar surface area (TPSA) is 32.3 Å². The lowest BCUT2D eigenvalue weighted by molar-refractivity contribution is 0.0819. The molecule has 1 aliphatic heterocycles. The van der Waals surface area contributed by atoms with E-state index in [1.165, 1.54) is 18.4 Å². The van der Waals surface area contributed by atoms with E-state index >= 15 is 0 Å². The third-order valence-corrected chi connectivity index (χ3v) is 6.82. The zero-order valence-corrected chi connectivity index (χ0v) is 15.5. The number of rotatable bonds is 4. The van der Waals surface area contributed by atoms with Gasteiger partial charge < -0.3 is 5.32 Å². The maximum atomic E-state index is 13.2. The predicted molar refractivity (Wildman–Crippen MR) is 105 cm³/mol. The first-order valence-electron chi connectivity index (χ1n) is 9.81. The number of hydrogen-bond acceptors (Lipinski definition) is 3. The first kappa shape index (κ1) is 16.1. The summed E-state index contributed by atoms with van der Waals surface area (Å²) in [6.45, 7) is 6.73. The number of ketones is 1. The first-order valence-corrected chi connectivity index (χ1v) is 9.81. The standard InChI is InChI=1S/C23H26N2O/c1-15-21-22(26)19-11-10-18(24-17-6-4-3-5-7-17)12-20(19)23(15,2)14-25(21)13-16-8-9-16/h3-7,10-12,15-16,21,24H,8-9,13-14H2,1-2H3/t15-,21-,23-/m0/s1. The fraction of sp³-hybridized carbons (Fsp3) is 0.435. The second kappa shape index (κ2) is 5.68. The van der Waals surface area contributed by atoms with E-state index in [2.05, 4.69) is 42.3 Å². The first-order chi connectivity index (χ1) is 12.6. The molecule has 0 unspecified atom stereocenters. The van der Waals surface area contributed by atoms with Crippen LogP contribution in [0.5, 0.6) is 0 Å². The van der Waals surface area contributed by atoms with Crippen LogP contribution in [-0.4, -0.2) is 29.8 Å². The summed E-state index contributed by atoms with van der Waals surface area (Å²) in [5.41, 5.74) is 4.36. The lowest BCUT2D eigenvalue weighted by Gasteiger charge is -2.36. The van der Waals surface area contributed by atoms with Crippen LogP contribution < -0.4 is 5.32 Å². The SMILES string of the molecule is C[C@H]1[C@H]2C(=O)c3ccc(Nc4ccccc4)cc3[C@@]1(C)CN2CC1CC1. The van der Waals surface area contributed by atoms with Crippen LogP contribution in [0.15, 0.2) is 48.5 Å². The maximum Gasteiger partial charge on any atom is 0.180 e. The van der Waals surface area contributed by atoms with Crippen LogP contribution in [0.25, 0.3) is 0 Å². The molecule has 0 aromatic heterocycles. The molecule has 0 radical (unpaired) electrons. The van der Waals surface area contributed by atoms with Crippen LogP contribution in [-0.2, 0) is 5.41 Å². The van der Waals surface area contributed by atoms with Gasteiger partial charge in [-0.2, -0.15) is 0 Å². The number of fused-ring (bicyclic) bond motifs is 4. The molecular weight excluding hydrogens is 320 g/mol. The van der Waals surface area contributed by atoms with Crippen LogP contribution in [0, 0.1) is 11.8 Å². The van der Waals surface area contributed by atoms with Gasteiger partial charge in [0.25, 0.3) is 0 Å². The van der Waals surface area contributed by atoms with Crippen molar-refractivity contribution in [2.24, 2.45) is 11.8 Å². The third-order valence-electron chi connectivity index (χ3n) is 6.82. The lowest BCUT2D eigenvalue weighted by atomic mass is 9.66. The summed E-state index contributed by atoms with van der Waals surface area (Å²) in [4.78, 5) is 15.7. The second-order valence-electron chi connectivity index (χ2n) is 8.64. The molecule has 2 bridgehead atoms. The minimum Gasteiger partial charge on any atom is -0.356 e. The lowest BCUT2D eigenvalue weighted by Crippen LogP contribution is -2.44. The minimum absolute atomic E-state index is 0.0528. The Bertz CT molecular complexity index is 858. The van der Waals surface area contributed by atoms with Gasteiger partial charge >= 0.3 is 0 Å².